The molecule has 0 aromatic rings. The highest BCUT2D eigenvalue weighted by Crippen LogP contribution is 1.91. The van der Waals surface area contributed by atoms with E-state index in [9.17, 15) is 0 Å². The standard InChI is InChI=1S/C5H9NS/c1-4(2)6-5(3)7/h6-7H,1,3H2,2H3. The molecule has 0 bridgehead atoms. The van der Waals surface area contributed by atoms with Gasteiger partial charge in [0.1, 0.15) is 0 Å². The van der Waals surface area contributed by atoms with Crippen molar-refractivity contribution in [3.05, 3.63) is 23.9 Å². The molecule has 1 nitrogen and oxygen atoms in total. The lowest BCUT2D eigenvalue weighted by molar-refractivity contribution is 1.06. The molecule has 0 heterocycles. The van der Waals surface area contributed by atoms with E-state index in [0.717, 1.165) is 5.70 Å². The molecule has 0 unspecified atom stereocenters. The maximum absolute atomic E-state index is 3.87. The van der Waals surface area contributed by atoms with Crippen LogP contribution in [0.5, 0.6) is 0 Å². The quantitative estimate of drug-likeness (QED) is 0.520. The Morgan fingerprint density at radius 1 is 1.57 bits per heavy atom. The van der Waals surface area contributed by atoms with Crippen LogP contribution in [-0.2, 0) is 0 Å². The predicted octanol–water partition coefficient (Wildman–Crippen LogP) is 1.51. The van der Waals surface area contributed by atoms with Crippen LogP contribution in [0, 0.1) is 0 Å². The highest BCUT2D eigenvalue weighted by Gasteiger charge is 1.78. The van der Waals surface area contributed by atoms with Gasteiger partial charge < -0.3 is 5.32 Å². The molecular formula is C5H9NS. The van der Waals surface area contributed by atoms with Crippen LogP contribution >= 0.6 is 12.6 Å². The van der Waals surface area contributed by atoms with E-state index in [1.165, 1.54) is 0 Å². The monoisotopic (exact) mass is 115 g/mol. The van der Waals surface area contributed by atoms with Gasteiger partial charge in [-0.3, -0.25) is 0 Å². The first-order valence-corrected chi connectivity index (χ1v) is 2.38. The first-order valence-electron chi connectivity index (χ1n) is 1.93. The van der Waals surface area contributed by atoms with E-state index in [2.05, 4.69) is 31.1 Å². The first kappa shape index (κ1) is 6.63. The molecule has 0 amide bonds. The molecule has 0 spiro atoms. The summed E-state index contributed by atoms with van der Waals surface area (Å²) >= 11 is 3.87. The van der Waals surface area contributed by atoms with Crippen LogP contribution in [0.2, 0.25) is 0 Å². The third-order valence-electron chi connectivity index (χ3n) is 0.358. The summed E-state index contributed by atoms with van der Waals surface area (Å²) in [4.78, 5) is 0. The van der Waals surface area contributed by atoms with Gasteiger partial charge in [0.15, 0.2) is 0 Å². The summed E-state index contributed by atoms with van der Waals surface area (Å²) < 4.78 is 0. The molecule has 7 heavy (non-hydrogen) atoms. The molecule has 0 aliphatic carbocycles. The lowest BCUT2D eigenvalue weighted by Gasteiger charge is -1.98. The predicted molar refractivity (Wildman–Crippen MR) is 36.1 cm³/mol. The van der Waals surface area contributed by atoms with Crippen LogP contribution in [0.25, 0.3) is 0 Å². The van der Waals surface area contributed by atoms with Crippen LogP contribution in [0.1, 0.15) is 6.92 Å². The Kier molecular flexibility index (Phi) is 2.60. The molecule has 2 heteroatoms. The van der Waals surface area contributed by atoms with E-state index in [1.807, 2.05) is 6.92 Å². The Morgan fingerprint density at radius 3 is 2.00 bits per heavy atom. The minimum atomic E-state index is 0.632. The second-order valence-corrected chi connectivity index (χ2v) is 1.89. The molecule has 0 atom stereocenters. The number of thiol groups is 1. The van der Waals surface area contributed by atoms with E-state index < -0.39 is 0 Å². The van der Waals surface area contributed by atoms with Gasteiger partial charge in [-0.1, -0.05) is 13.2 Å². The fourth-order valence-corrected chi connectivity index (χ4v) is 0.437. The molecule has 0 aromatic carbocycles. The van der Waals surface area contributed by atoms with Crippen molar-refractivity contribution in [2.75, 3.05) is 0 Å². The third-order valence-corrected chi connectivity index (χ3v) is 0.469. The normalized spacial score (nSPS) is 7.71. The summed E-state index contributed by atoms with van der Waals surface area (Å²) in [5.74, 6) is 0. The number of rotatable bonds is 2. The molecule has 0 rings (SSSR count). The average Bonchev–Trinajstić information content (AvgIpc) is 1.27. The van der Waals surface area contributed by atoms with Crippen LogP contribution in [-0.4, -0.2) is 0 Å². The topological polar surface area (TPSA) is 12.0 Å². The fourth-order valence-electron chi connectivity index (χ4n) is 0.246. The zero-order chi connectivity index (χ0) is 5.86. The lowest BCUT2D eigenvalue weighted by Crippen LogP contribution is -2.02. The van der Waals surface area contributed by atoms with Crippen LogP contribution < -0.4 is 5.32 Å². The lowest BCUT2D eigenvalue weighted by atomic mass is 10.6. The summed E-state index contributed by atoms with van der Waals surface area (Å²) in [6.07, 6.45) is 0. The molecule has 0 aliphatic rings. The maximum Gasteiger partial charge on any atom is 0.0618 e. The second kappa shape index (κ2) is 2.75. The van der Waals surface area contributed by atoms with Gasteiger partial charge in [-0.2, -0.15) is 0 Å². The van der Waals surface area contributed by atoms with Crippen molar-refractivity contribution in [2.45, 2.75) is 6.92 Å². The molecule has 0 fully saturated rings. The van der Waals surface area contributed by atoms with Crippen molar-refractivity contribution in [1.29, 1.82) is 0 Å². The molecular weight excluding hydrogens is 106 g/mol. The number of nitrogens with one attached hydrogen (secondary N) is 1. The Labute approximate surface area is 49.5 Å². The van der Waals surface area contributed by atoms with E-state index in [0.29, 0.717) is 5.03 Å². The van der Waals surface area contributed by atoms with E-state index >= 15 is 0 Å². The van der Waals surface area contributed by atoms with Gasteiger partial charge in [0.05, 0.1) is 5.03 Å². The first-order chi connectivity index (χ1) is 3.13. The summed E-state index contributed by atoms with van der Waals surface area (Å²) in [6.45, 7) is 8.91. The molecule has 0 saturated heterocycles. The average molecular weight is 115 g/mol. The van der Waals surface area contributed by atoms with Crippen LogP contribution in [0.15, 0.2) is 23.9 Å². The SMILES string of the molecule is C=C(C)NC(=C)S. The Balaban J connectivity index is 3.32. The summed E-state index contributed by atoms with van der Waals surface area (Å²) in [6, 6.07) is 0. The van der Waals surface area contributed by atoms with E-state index in [-0.39, 0.29) is 0 Å². The zero-order valence-corrected chi connectivity index (χ0v) is 5.26. The zero-order valence-electron chi connectivity index (χ0n) is 4.36. The number of hydrogen-bond donors (Lipinski definition) is 2. The number of hydrogen-bond acceptors (Lipinski definition) is 2. The highest BCUT2D eigenvalue weighted by molar-refractivity contribution is 7.84. The van der Waals surface area contributed by atoms with Crippen molar-refractivity contribution in [2.24, 2.45) is 0 Å². The fraction of sp³-hybridized carbons (Fsp3) is 0.200. The van der Waals surface area contributed by atoms with E-state index in [4.69, 9.17) is 0 Å². The molecule has 1 N–H and O–H groups in total. The third kappa shape index (κ3) is 5.63. The molecule has 0 saturated carbocycles. The van der Waals surface area contributed by atoms with Crippen molar-refractivity contribution in [3.63, 3.8) is 0 Å². The minimum absolute atomic E-state index is 0.632. The van der Waals surface area contributed by atoms with Gasteiger partial charge in [-0.15, -0.1) is 12.6 Å². The van der Waals surface area contributed by atoms with Crippen LogP contribution in [0.3, 0.4) is 0 Å². The Hall–Kier alpha value is -0.370. The Bertz CT molecular complexity index is 84.3. The summed E-state index contributed by atoms with van der Waals surface area (Å²) in [7, 11) is 0. The van der Waals surface area contributed by atoms with Gasteiger partial charge in [-0.05, 0) is 6.92 Å². The molecule has 0 aliphatic heterocycles. The molecule has 0 radical (unpaired) electrons. The minimum Gasteiger partial charge on any atom is -0.355 e. The van der Waals surface area contributed by atoms with Crippen LogP contribution in [0.4, 0.5) is 0 Å². The second-order valence-electron chi connectivity index (χ2n) is 1.35. The summed E-state index contributed by atoms with van der Waals surface area (Å²) in [5.41, 5.74) is 0.861. The van der Waals surface area contributed by atoms with Crippen molar-refractivity contribution < 1.29 is 0 Å². The van der Waals surface area contributed by atoms with E-state index in [1.54, 1.807) is 0 Å². The van der Waals surface area contributed by atoms with Crippen molar-refractivity contribution in [3.8, 4) is 0 Å². The smallest absolute Gasteiger partial charge is 0.0618 e. The largest absolute Gasteiger partial charge is 0.355 e. The van der Waals surface area contributed by atoms with Gasteiger partial charge in [0, 0.05) is 5.70 Å². The van der Waals surface area contributed by atoms with Gasteiger partial charge in [0.2, 0.25) is 0 Å². The van der Waals surface area contributed by atoms with Gasteiger partial charge >= 0.3 is 0 Å². The Morgan fingerprint density at radius 2 is 2.00 bits per heavy atom. The van der Waals surface area contributed by atoms with Gasteiger partial charge in [-0.25, -0.2) is 0 Å². The maximum atomic E-state index is 3.87. The number of allylic oxidation sites excluding steroid dienone is 1. The van der Waals surface area contributed by atoms with Crippen molar-refractivity contribution >= 4 is 12.6 Å². The molecule has 0 aromatic heterocycles. The molecule has 40 valence electrons. The summed E-state index contributed by atoms with van der Waals surface area (Å²) in [5, 5.41) is 3.41. The highest BCUT2D eigenvalue weighted by atomic mass is 32.1. The van der Waals surface area contributed by atoms with Crippen molar-refractivity contribution in [1.82, 2.24) is 5.32 Å². The van der Waals surface area contributed by atoms with Gasteiger partial charge in [0.25, 0.3) is 0 Å².